The van der Waals surface area contributed by atoms with E-state index < -0.39 is 5.97 Å². The van der Waals surface area contributed by atoms with E-state index in [1.54, 1.807) is 0 Å². The Labute approximate surface area is 104 Å². The van der Waals surface area contributed by atoms with Crippen LogP contribution in [0, 0.1) is 18.3 Å². The molecule has 1 rings (SSSR count). The lowest BCUT2D eigenvalue weighted by Crippen LogP contribution is -2.34. The van der Waals surface area contributed by atoms with E-state index >= 15 is 0 Å². The number of rotatable bonds is 7. The predicted octanol–water partition coefficient (Wildman–Crippen LogP) is 2.37. The van der Waals surface area contributed by atoms with Gasteiger partial charge in [0, 0.05) is 12.8 Å². The third-order valence-corrected chi connectivity index (χ3v) is 3.48. The maximum Gasteiger partial charge on any atom is 0.303 e. The van der Waals surface area contributed by atoms with Gasteiger partial charge in [-0.15, -0.1) is 12.3 Å². The Morgan fingerprint density at radius 3 is 2.59 bits per heavy atom. The number of aliphatic carboxylic acids is 1. The minimum atomic E-state index is -0.680. The van der Waals surface area contributed by atoms with E-state index in [1.165, 1.54) is 12.8 Å². The van der Waals surface area contributed by atoms with E-state index in [9.17, 15) is 4.79 Å². The largest absolute Gasteiger partial charge is 0.481 e. The van der Waals surface area contributed by atoms with Crippen molar-refractivity contribution >= 4 is 5.97 Å². The first-order chi connectivity index (χ1) is 8.22. The molecule has 3 heteroatoms. The number of piperidine rings is 1. The third-order valence-electron chi connectivity index (χ3n) is 3.48. The standard InChI is InChI=1S/C14H23NO2/c1-2-6-13-8-11-15(12-9-13)10-5-3-4-7-14(16)17/h1,13H,3-12H2,(H,16,17). The molecule has 0 spiro atoms. The van der Waals surface area contributed by atoms with Crippen LogP contribution >= 0.6 is 0 Å². The minimum Gasteiger partial charge on any atom is -0.481 e. The summed E-state index contributed by atoms with van der Waals surface area (Å²) < 4.78 is 0. The molecule has 1 heterocycles. The summed E-state index contributed by atoms with van der Waals surface area (Å²) in [5.41, 5.74) is 0. The number of unbranched alkanes of at least 4 members (excludes halogenated alkanes) is 2. The Bertz CT molecular complexity index is 262. The highest BCUT2D eigenvalue weighted by atomic mass is 16.4. The van der Waals surface area contributed by atoms with Crippen molar-refractivity contribution in [3.8, 4) is 12.3 Å². The van der Waals surface area contributed by atoms with Gasteiger partial charge in [0.1, 0.15) is 0 Å². The van der Waals surface area contributed by atoms with Gasteiger partial charge in [0.05, 0.1) is 0 Å². The summed E-state index contributed by atoms with van der Waals surface area (Å²) in [5.74, 6) is 2.79. The molecule has 0 radical (unpaired) electrons. The summed E-state index contributed by atoms with van der Waals surface area (Å²) in [7, 11) is 0. The van der Waals surface area contributed by atoms with Crippen LogP contribution in [0.2, 0.25) is 0 Å². The molecule has 1 aliphatic heterocycles. The van der Waals surface area contributed by atoms with Gasteiger partial charge >= 0.3 is 5.97 Å². The fourth-order valence-corrected chi connectivity index (χ4v) is 2.37. The van der Waals surface area contributed by atoms with Crippen LogP contribution in [0.25, 0.3) is 0 Å². The molecule has 1 fully saturated rings. The summed E-state index contributed by atoms with van der Waals surface area (Å²) in [5, 5.41) is 8.51. The second-order valence-corrected chi connectivity index (χ2v) is 4.90. The van der Waals surface area contributed by atoms with Crippen LogP contribution in [0.5, 0.6) is 0 Å². The van der Waals surface area contributed by atoms with E-state index in [2.05, 4.69) is 10.8 Å². The van der Waals surface area contributed by atoms with Crippen molar-refractivity contribution in [3.63, 3.8) is 0 Å². The molecule has 0 aromatic heterocycles. The maximum atomic E-state index is 10.3. The second kappa shape index (κ2) is 8.14. The molecule has 0 aromatic rings. The summed E-state index contributed by atoms with van der Waals surface area (Å²) >= 11 is 0. The van der Waals surface area contributed by atoms with Crippen molar-refractivity contribution in [2.75, 3.05) is 19.6 Å². The third kappa shape index (κ3) is 6.33. The summed E-state index contributed by atoms with van der Waals surface area (Å²) in [6, 6.07) is 0. The number of carbonyl (C=O) groups is 1. The molecule has 0 aliphatic carbocycles. The van der Waals surface area contributed by atoms with Gasteiger partial charge in [0.2, 0.25) is 0 Å². The van der Waals surface area contributed by atoms with Gasteiger partial charge in [-0.1, -0.05) is 6.42 Å². The first kappa shape index (κ1) is 14.1. The second-order valence-electron chi connectivity index (χ2n) is 4.90. The number of likely N-dealkylation sites (tertiary alicyclic amines) is 1. The first-order valence-corrected chi connectivity index (χ1v) is 6.60. The lowest BCUT2D eigenvalue weighted by atomic mass is 9.94. The number of terminal acetylenes is 1. The van der Waals surface area contributed by atoms with Crippen molar-refractivity contribution in [3.05, 3.63) is 0 Å². The average Bonchev–Trinajstić information content (AvgIpc) is 2.31. The molecule has 0 amide bonds. The van der Waals surface area contributed by atoms with Gasteiger partial charge in [-0.25, -0.2) is 0 Å². The van der Waals surface area contributed by atoms with Gasteiger partial charge < -0.3 is 10.0 Å². The zero-order valence-electron chi connectivity index (χ0n) is 10.5. The molecule has 1 saturated heterocycles. The monoisotopic (exact) mass is 237 g/mol. The summed E-state index contributed by atoms with van der Waals surface area (Å²) in [6.07, 6.45) is 11.9. The Morgan fingerprint density at radius 2 is 2.00 bits per heavy atom. The molecule has 3 nitrogen and oxygen atoms in total. The van der Waals surface area contributed by atoms with Gasteiger partial charge in [0.25, 0.3) is 0 Å². The van der Waals surface area contributed by atoms with Crippen molar-refractivity contribution in [2.45, 2.75) is 44.9 Å². The number of nitrogens with zero attached hydrogens (tertiary/aromatic N) is 1. The Morgan fingerprint density at radius 1 is 1.29 bits per heavy atom. The predicted molar refractivity (Wildman–Crippen MR) is 68.7 cm³/mol. The van der Waals surface area contributed by atoms with Crippen LogP contribution in [0.3, 0.4) is 0 Å². The maximum absolute atomic E-state index is 10.3. The highest BCUT2D eigenvalue weighted by Gasteiger charge is 2.17. The minimum absolute atomic E-state index is 0.310. The van der Waals surface area contributed by atoms with Gasteiger partial charge in [-0.2, -0.15) is 0 Å². The Kier molecular flexibility index (Phi) is 6.73. The topological polar surface area (TPSA) is 40.5 Å². The zero-order valence-corrected chi connectivity index (χ0v) is 10.5. The molecule has 96 valence electrons. The molecule has 0 bridgehead atoms. The molecular weight excluding hydrogens is 214 g/mol. The molecule has 1 N–H and O–H groups in total. The van der Waals surface area contributed by atoms with Crippen molar-refractivity contribution < 1.29 is 9.90 Å². The normalized spacial score (nSPS) is 17.8. The van der Waals surface area contributed by atoms with E-state index in [0.29, 0.717) is 6.42 Å². The van der Waals surface area contributed by atoms with Crippen molar-refractivity contribution in [2.24, 2.45) is 5.92 Å². The lowest BCUT2D eigenvalue weighted by Gasteiger charge is -2.31. The van der Waals surface area contributed by atoms with E-state index in [-0.39, 0.29) is 0 Å². The van der Waals surface area contributed by atoms with E-state index in [1.807, 2.05) is 0 Å². The zero-order chi connectivity index (χ0) is 12.5. The van der Waals surface area contributed by atoms with E-state index in [0.717, 1.165) is 51.2 Å². The van der Waals surface area contributed by atoms with Crippen LogP contribution < -0.4 is 0 Å². The Balaban J connectivity index is 1.99. The molecule has 0 saturated carbocycles. The summed E-state index contributed by atoms with van der Waals surface area (Å²) in [6.45, 7) is 3.43. The lowest BCUT2D eigenvalue weighted by molar-refractivity contribution is -0.137. The number of hydrogen-bond donors (Lipinski definition) is 1. The Hall–Kier alpha value is -1.01. The van der Waals surface area contributed by atoms with Crippen LogP contribution in [0.1, 0.15) is 44.9 Å². The smallest absolute Gasteiger partial charge is 0.303 e. The quantitative estimate of drug-likeness (QED) is 0.546. The van der Waals surface area contributed by atoms with Gasteiger partial charge in [-0.05, 0) is 51.2 Å². The van der Waals surface area contributed by atoms with Crippen molar-refractivity contribution in [1.29, 1.82) is 0 Å². The summed E-state index contributed by atoms with van der Waals surface area (Å²) in [4.78, 5) is 12.8. The van der Waals surface area contributed by atoms with Crippen molar-refractivity contribution in [1.82, 2.24) is 4.90 Å². The fraction of sp³-hybridized carbons (Fsp3) is 0.786. The molecule has 1 aliphatic rings. The molecular formula is C14H23NO2. The molecule has 0 unspecified atom stereocenters. The van der Waals surface area contributed by atoms with Crippen LogP contribution in [-0.4, -0.2) is 35.6 Å². The van der Waals surface area contributed by atoms with Crippen LogP contribution in [0.4, 0.5) is 0 Å². The van der Waals surface area contributed by atoms with E-state index in [4.69, 9.17) is 11.5 Å². The number of carboxylic acid groups (broad SMARTS) is 1. The first-order valence-electron chi connectivity index (χ1n) is 6.60. The number of hydrogen-bond acceptors (Lipinski definition) is 2. The highest BCUT2D eigenvalue weighted by molar-refractivity contribution is 5.66. The number of carboxylic acids is 1. The molecule has 0 aromatic carbocycles. The van der Waals surface area contributed by atoms with Crippen LogP contribution in [0.15, 0.2) is 0 Å². The fourth-order valence-electron chi connectivity index (χ4n) is 2.37. The van der Waals surface area contributed by atoms with Gasteiger partial charge in [0.15, 0.2) is 0 Å². The van der Waals surface area contributed by atoms with Crippen LogP contribution in [-0.2, 0) is 4.79 Å². The highest BCUT2D eigenvalue weighted by Crippen LogP contribution is 2.20. The average molecular weight is 237 g/mol. The SMILES string of the molecule is C#CCC1CCN(CCCCCC(=O)O)CC1. The molecule has 17 heavy (non-hydrogen) atoms. The molecule has 0 atom stereocenters. The van der Waals surface area contributed by atoms with Gasteiger partial charge in [-0.3, -0.25) is 4.79 Å².